The van der Waals surface area contributed by atoms with Crippen molar-refractivity contribution in [3.8, 4) is 0 Å². The van der Waals surface area contributed by atoms with Crippen molar-refractivity contribution in [3.05, 3.63) is 61.6 Å². The number of carbonyl (C=O) groups excluding carboxylic acids is 1. The van der Waals surface area contributed by atoms with Crippen LogP contribution in [0.25, 0.3) is 0 Å². The molecule has 0 saturated carbocycles. The summed E-state index contributed by atoms with van der Waals surface area (Å²) >= 11 is 11.4. The molecule has 0 spiro atoms. The van der Waals surface area contributed by atoms with Gasteiger partial charge in [-0.2, -0.15) is 0 Å². The molecular weight excluding hydrogens is 440 g/mol. The molecule has 98 valence electrons. The van der Waals surface area contributed by atoms with Crippen molar-refractivity contribution < 1.29 is 4.79 Å². The van der Waals surface area contributed by atoms with E-state index in [1.807, 2.05) is 36.4 Å². The Morgan fingerprint density at radius 1 is 1.26 bits per heavy atom. The highest BCUT2D eigenvalue weighted by molar-refractivity contribution is 14.1. The number of hydrogen-bond acceptors (Lipinski definition) is 1. The maximum atomic E-state index is 12.3. The molecule has 0 aliphatic heterocycles. The SMILES string of the molecule is O=C(Nc1ccccc1CCl)c1cc(Br)ccc1I. The van der Waals surface area contributed by atoms with Crippen molar-refractivity contribution in [3.63, 3.8) is 0 Å². The quantitative estimate of drug-likeness (QED) is 0.515. The van der Waals surface area contributed by atoms with Crippen LogP contribution in [0.5, 0.6) is 0 Å². The molecule has 19 heavy (non-hydrogen) atoms. The highest BCUT2D eigenvalue weighted by atomic mass is 127. The summed E-state index contributed by atoms with van der Waals surface area (Å²) in [5, 5.41) is 2.90. The smallest absolute Gasteiger partial charge is 0.256 e. The van der Waals surface area contributed by atoms with E-state index in [1.54, 1.807) is 6.07 Å². The van der Waals surface area contributed by atoms with Gasteiger partial charge in [0, 0.05) is 19.6 Å². The summed E-state index contributed by atoms with van der Waals surface area (Å²) in [6.45, 7) is 0. The Bertz CT molecular complexity index is 618. The predicted molar refractivity (Wildman–Crippen MR) is 90.8 cm³/mol. The molecule has 0 bridgehead atoms. The molecule has 2 aromatic rings. The summed E-state index contributed by atoms with van der Waals surface area (Å²) in [7, 11) is 0. The van der Waals surface area contributed by atoms with E-state index in [0.717, 1.165) is 19.3 Å². The molecule has 0 atom stereocenters. The first-order chi connectivity index (χ1) is 9.11. The van der Waals surface area contributed by atoms with Crippen LogP contribution in [0.2, 0.25) is 0 Å². The van der Waals surface area contributed by atoms with Gasteiger partial charge in [-0.3, -0.25) is 4.79 Å². The summed E-state index contributed by atoms with van der Waals surface area (Å²) in [5.74, 6) is 0.231. The highest BCUT2D eigenvalue weighted by Gasteiger charge is 2.12. The average Bonchev–Trinajstić information content (AvgIpc) is 2.42. The van der Waals surface area contributed by atoms with Crippen molar-refractivity contribution in [1.82, 2.24) is 0 Å². The average molecular weight is 451 g/mol. The van der Waals surface area contributed by atoms with Crippen LogP contribution in [-0.2, 0) is 5.88 Å². The molecule has 5 heteroatoms. The summed E-state index contributed by atoms with van der Waals surface area (Å²) in [6.07, 6.45) is 0. The fourth-order valence-corrected chi connectivity index (χ4v) is 2.79. The van der Waals surface area contributed by atoms with Crippen molar-refractivity contribution in [1.29, 1.82) is 0 Å². The Kier molecular flexibility index (Phi) is 5.24. The van der Waals surface area contributed by atoms with E-state index in [2.05, 4.69) is 43.8 Å². The van der Waals surface area contributed by atoms with Gasteiger partial charge in [0.15, 0.2) is 0 Å². The van der Waals surface area contributed by atoms with Crippen LogP contribution in [-0.4, -0.2) is 5.91 Å². The lowest BCUT2D eigenvalue weighted by atomic mass is 10.1. The Balaban J connectivity index is 2.28. The molecular formula is C14H10BrClINO. The van der Waals surface area contributed by atoms with Crippen molar-refractivity contribution in [2.75, 3.05) is 5.32 Å². The van der Waals surface area contributed by atoms with Crippen LogP contribution in [0.4, 0.5) is 5.69 Å². The zero-order valence-corrected chi connectivity index (χ0v) is 14.3. The molecule has 1 N–H and O–H groups in total. The number of hydrogen-bond donors (Lipinski definition) is 1. The van der Waals surface area contributed by atoms with Crippen LogP contribution >= 0.6 is 50.1 Å². The van der Waals surface area contributed by atoms with Crippen molar-refractivity contribution in [2.24, 2.45) is 0 Å². The highest BCUT2D eigenvalue weighted by Crippen LogP contribution is 2.22. The molecule has 0 radical (unpaired) electrons. The van der Waals surface area contributed by atoms with Crippen LogP contribution in [0, 0.1) is 3.57 Å². The number of benzene rings is 2. The molecule has 0 fully saturated rings. The Morgan fingerprint density at radius 2 is 2.00 bits per heavy atom. The van der Waals surface area contributed by atoms with Gasteiger partial charge in [-0.05, 0) is 52.4 Å². The van der Waals surface area contributed by atoms with Gasteiger partial charge in [0.1, 0.15) is 0 Å². The Morgan fingerprint density at radius 3 is 2.74 bits per heavy atom. The van der Waals surface area contributed by atoms with Gasteiger partial charge in [0.2, 0.25) is 0 Å². The van der Waals surface area contributed by atoms with Gasteiger partial charge in [-0.25, -0.2) is 0 Å². The zero-order chi connectivity index (χ0) is 13.8. The molecule has 0 aromatic heterocycles. The first kappa shape index (κ1) is 14.8. The molecule has 2 nitrogen and oxygen atoms in total. The van der Waals surface area contributed by atoms with Gasteiger partial charge in [-0.1, -0.05) is 34.1 Å². The number of para-hydroxylation sites is 1. The largest absolute Gasteiger partial charge is 0.322 e. The molecule has 0 saturated heterocycles. The van der Waals surface area contributed by atoms with E-state index in [4.69, 9.17) is 11.6 Å². The molecule has 2 aromatic carbocycles. The molecule has 0 aliphatic carbocycles. The number of halogens is 3. The summed E-state index contributed by atoms with van der Waals surface area (Å²) < 4.78 is 1.78. The fraction of sp³-hybridized carbons (Fsp3) is 0.0714. The van der Waals surface area contributed by atoms with E-state index in [0.29, 0.717) is 11.4 Å². The van der Waals surface area contributed by atoms with Gasteiger partial charge >= 0.3 is 0 Å². The minimum Gasteiger partial charge on any atom is -0.322 e. The minimum atomic E-state index is -0.136. The first-order valence-corrected chi connectivity index (χ1v) is 7.92. The lowest BCUT2D eigenvalue weighted by Gasteiger charge is -2.10. The lowest BCUT2D eigenvalue weighted by molar-refractivity contribution is 0.102. The van der Waals surface area contributed by atoms with E-state index in [9.17, 15) is 4.79 Å². The third-order valence-electron chi connectivity index (χ3n) is 2.58. The predicted octanol–water partition coefficient (Wildman–Crippen LogP) is 5.04. The maximum absolute atomic E-state index is 12.3. The Hall–Kier alpha value is -0.590. The first-order valence-electron chi connectivity index (χ1n) is 5.52. The zero-order valence-electron chi connectivity index (χ0n) is 9.79. The van der Waals surface area contributed by atoms with E-state index in [-0.39, 0.29) is 5.91 Å². The van der Waals surface area contributed by atoms with Gasteiger partial charge in [0.05, 0.1) is 5.56 Å². The monoisotopic (exact) mass is 449 g/mol. The second-order valence-electron chi connectivity index (χ2n) is 3.87. The Labute approximate surface area is 138 Å². The number of anilines is 1. The van der Waals surface area contributed by atoms with Gasteiger partial charge in [0.25, 0.3) is 5.91 Å². The molecule has 2 rings (SSSR count). The van der Waals surface area contributed by atoms with Crippen LogP contribution < -0.4 is 5.32 Å². The molecule has 0 unspecified atom stereocenters. The van der Waals surface area contributed by atoms with Crippen LogP contribution in [0.15, 0.2) is 46.9 Å². The number of nitrogens with one attached hydrogen (secondary N) is 1. The number of rotatable bonds is 3. The third kappa shape index (κ3) is 3.70. The van der Waals surface area contributed by atoms with E-state index < -0.39 is 0 Å². The number of alkyl halides is 1. The number of amides is 1. The van der Waals surface area contributed by atoms with Crippen molar-refractivity contribution in [2.45, 2.75) is 5.88 Å². The van der Waals surface area contributed by atoms with Crippen LogP contribution in [0.3, 0.4) is 0 Å². The normalized spacial score (nSPS) is 10.3. The molecule has 1 amide bonds. The summed E-state index contributed by atoms with van der Waals surface area (Å²) in [6, 6.07) is 13.1. The van der Waals surface area contributed by atoms with Crippen LogP contribution in [0.1, 0.15) is 15.9 Å². The molecule has 0 aliphatic rings. The third-order valence-corrected chi connectivity index (χ3v) is 4.30. The second kappa shape index (κ2) is 6.72. The fourth-order valence-electron chi connectivity index (χ4n) is 1.62. The maximum Gasteiger partial charge on any atom is 0.256 e. The van der Waals surface area contributed by atoms with Crippen molar-refractivity contribution >= 4 is 61.7 Å². The molecule has 0 heterocycles. The topological polar surface area (TPSA) is 29.1 Å². The summed E-state index contributed by atoms with van der Waals surface area (Å²) in [5.41, 5.74) is 2.29. The second-order valence-corrected chi connectivity index (χ2v) is 6.21. The minimum absolute atomic E-state index is 0.136. The van der Waals surface area contributed by atoms with Gasteiger partial charge in [-0.15, -0.1) is 11.6 Å². The number of carbonyl (C=O) groups is 1. The van der Waals surface area contributed by atoms with E-state index in [1.165, 1.54) is 0 Å². The van der Waals surface area contributed by atoms with Gasteiger partial charge < -0.3 is 5.32 Å². The van der Waals surface area contributed by atoms with E-state index >= 15 is 0 Å². The standard InChI is InChI=1S/C14H10BrClINO/c15-10-5-6-12(17)11(7-10)14(19)18-13-4-2-1-3-9(13)8-16/h1-7H,8H2,(H,18,19). The lowest BCUT2D eigenvalue weighted by Crippen LogP contribution is -2.14. The summed E-state index contributed by atoms with van der Waals surface area (Å²) in [4.78, 5) is 12.3.